The highest BCUT2D eigenvalue weighted by Gasteiger charge is 1.98. The minimum Gasteiger partial charge on any atom is -1.00 e. The molecule has 1 aromatic heterocycles. The number of aromatic nitrogens is 1. The van der Waals surface area contributed by atoms with Crippen LogP contribution in [0.4, 0.5) is 5.69 Å². The quantitative estimate of drug-likeness (QED) is 0.419. The van der Waals surface area contributed by atoms with Crippen molar-refractivity contribution >= 4 is 11.9 Å². The van der Waals surface area contributed by atoms with Crippen LogP contribution >= 0.6 is 0 Å². The average molecular weight is 248 g/mol. The molecule has 0 aliphatic heterocycles. The van der Waals surface area contributed by atoms with E-state index in [2.05, 4.69) is 10.5 Å². The number of hydrogen-bond donors (Lipinski definition) is 1. The Balaban J connectivity index is 0.00000144. The van der Waals surface area contributed by atoms with Crippen molar-refractivity contribution in [2.45, 2.75) is 0 Å². The number of para-hydroxylation sites is 1. The number of pyridine rings is 1. The number of nitrogens with zero attached hydrogens (tertiary/aromatic N) is 2. The number of benzene rings is 1. The summed E-state index contributed by atoms with van der Waals surface area (Å²) in [5.41, 5.74) is 5.01. The first kappa shape index (κ1) is 13.2. The molecule has 0 bridgehead atoms. The van der Waals surface area contributed by atoms with Gasteiger partial charge in [0.25, 0.3) is 0 Å². The topological polar surface area (TPSA) is 28.3 Å². The molecule has 0 saturated heterocycles. The summed E-state index contributed by atoms with van der Waals surface area (Å²) in [5.74, 6) is 0. The lowest BCUT2D eigenvalue weighted by atomic mass is 10.3. The molecule has 88 valence electrons. The van der Waals surface area contributed by atoms with Crippen LogP contribution in [0.2, 0.25) is 0 Å². The maximum absolute atomic E-state index is 4.18. The average Bonchev–Trinajstić information content (AvgIpc) is 2.33. The van der Waals surface area contributed by atoms with E-state index in [0.717, 1.165) is 11.4 Å². The van der Waals surface area contributed by atoms with Crippen LogP contribution < -0.4 is 22.4 Å². The van der Waals surface area contributed by atoms with Gasteiger partial charge in [-0.25, -0.2) is 4.57 Å². The van der Waals surface area contributed by atoms with Gasteiger partial charge in [0.15, 0.2) is 6.20 Å². The molecule has 0 unspecified atom stereocenters. The molecule has 1 aromatic carbocycles. The molecule has 0 fully saturated rings. The molecule has 2 rings (SSSR count). The Morgan fingerprint density at radius 2 is 1.76 bits per heavy atom. The fourth-order valence-corrected chi connectivity index (χ4v) is 1.36. The molecule has 4 heteroatoms. The summed E-state index contributed by atoms with van der Waals surface area (Å²) in [6, 6.07) is 15.9. The highest BCUT2D eigenvalue weighted by Crippen LogP contribution is 2.03. The third kappa shape index (κ3) is 3.89. The maximum atomic E-state index is 4.18. The second-order valence-corrected chi connectivity index (χ2v) is 3.47. The number of anilines is 1. The summed E-state index contributed by atoms with van der Waals surface area (Å²) < 4.78 is 2.01. The first-order valence-electron chi connectivity index (χ1n) is 5.15. The molecule has 0 aliphatic rings. The van der Waals surface area contributed by atoms with Crippen LogP contribution in [0, 0.1) is 0 Å². The van der Waals surface area contributed by atoms with Crippen molar-refractivity contribution in [2.75, 3.05) is 5.43 Å². The Kier molecular flexibility index (Phi) is 5.17. The standard InChI is InChI=1S/C13H13N3.ClH/c1-16-10-6-5-9-13(16)11-14-15-12-7-3-2-4-8-12;/h2-11H,1H3;1H. The molecule has 0 saturated carbocycles. The molecular weight excluding hydrogens is 234 g/mol. The molecular formula is C13H14ClN3. The second-order valence-electron chi connectivity index (χ2n) is 3.47. The lowest BCUT2D eigenvalue weighted by molar-refractivity contribution is -0.672. The van der Waals surface area contributed by atoms with Crippen molar-refractivity contribution in [3.05, 3.63) is 60.4 Å². The number of halogens is 1. The minimum atomic E-state index is 0. The highest BCUT2D eigenvalue weighted by molar-refractivity contribution is 5.75. The molecule has 1 heterocycles. The lowest BCUT2D eigenvalue weighted by Gasteiger charge is -1.97. The van der Waals surface area contributed by atoms with Gasteiger partial charge in [-0.2, -0.15) is 5.10 Å². The Bertz CT molecular complexity index is 483. The van der Waals surface area contributed by atoms with Crippen LogP contribution in [0.15, 0.2) is 59.8 Å². The smallest absolute Gasteiger partial charge is 0.225 e. The highest BCUT2D eigenvalue weighted by atomic mass is 35.5. The fraction of sp³-hybridized carbons (Fsp3) is 0.0769. The molecule has 0 amide bonds. The summed E-state index contributed by atoms with van der Waals surface area (Å²) in [6.07, 6.45) is 3.79. The van der Waals surface area contributed by atoms with Crippen LogP contribution in [0.5, 0.6) is 0 Å². The van der Waals surface area contributed by atoms with Crippen molar-refractivity contribution in [1.29, 1.82) is 0 Å². The molecule has 3 nitrogen and oxygen atoms in total. The maximum Gasteiger partial charge on any atom is 0.225 e. The zero-order valence-electron chi connectivity index (χ0n) is 9.55. The van der Waals surface area contributed by atoms with Crippen molar-refractivity contribution in [3.63, 3.8) is 0 Å². The van der Waals surface area contributed by atoms with E-state index < -0.39 is 0 Å². The van der Waals surface area contributed by atoms with Crippen molar-refractivity contribution in [3.8, 4) is 0 Å². The fourth-order valence-electron chi connectivity index (χ4n) is 1.36. The summed E-state index contributed by atoms with van der Waals surface area (Å²) in [5, 5.41) is 4.18. The number of hydrazone groups is 1. The largest absolute Gasteiger partial charge is 1.00 e. The summed E-state index contributed by atoms with van der Waals surface area (Å²) in [6.45, 7) is 0. The van der Waals surface area contributed by atoms with E-state index in [1.54, 1.807) is 6.21 Å². The zero-order chi connectivity index (χ0) is 11.2. The van der Waals surface area contributed by atoms with Crippen LogP contribution in [0.1, 0.15) is 5.69 Å². The molecule has 1 N–H and O–H groups in total. The van der Waals surface area contributed by atoms with Gasteiger partial charge in [-0.1, -0.05) is 18.2 Å². The van der Waals surface area contributed by atoms with E-state index in [-0.39, 0.29) is 12.4 Å². The monoisotopic (exact) mass is 247 g/mol. The normalized spacial score (nSPS) is 9.94. The Hall–Kier alpha value is -1.87. The molecule has 0 aliphatic carbocycles. The third-order valence-corrected chi connectivity index (χ3v) is 2.26. The van der Waals surface area contributed by atoms with E-state index in [1.165, 1.54) is 0 Å². The summed E-state index contributed by atoms with van der Waals surface area (Å²) in [7, 11) is 1.99. The Morgan fingerprint density at radius 3 is 2.47 bits per heavy atom. The van der Waals surface area contributed by atoms with Crippen LogP contribution in [0.3, 0.4) is 0 Å². The molecule has 0 spiro atoms. The second kappa shape index (κ2) is 6.66. The Morgan fingerprint density at radius 1 is 1.06 bits per heavy atom. The van der Waals surface area contributed by atoms with Crippen LogP contribution in [-0.2, 0) is 7.05 Å². The van der Waals surface area contributed by atoms with Gasteiger partial charge in [-0.15, -0.1) is 0 Å². The predicted octanol–water partition coefficient (Wildman–Crippen LogP) is -1.04. The van der Waals surface area contributed by atoms with Gasteiger partial charge in [0.05, 0.1) is 5.69 Å². The number of rotatable bonds is 3. The first-order chi connectivity index (χ1) is 7.86. The summed E-state index contributed by atoms with van der Waals surface area (Å²) >= 11 is 0. The van der Waals surface area contributed by atoms with E-state index in [4.69, 9.17) is 0 Å². The van der Waals surface area contributed by atoms with Gasteiger partial charge >= 0.3 is 0 Å². The molecule has 2 aromatic rings. The van der Waals surface area contributed by atoms with E-state index in [1.807, 2.05) is 66.3 Å². The van der Waals surface area contributed by atoms with Gasteiger partial charge in [0, 0.05) is 12.1 Å². The third-order valence-electron chi connectivity index (χ3n) is 2.26. The molecule has 0 radical (unpaired) electrons. The first-order valence-corrected chi connectivity index (χ1v) is 5.15. The van der Waals surface area contributed by atoms with Crippen molar-refractivity contribution in [1.82, 2.24) is 0 Å². The van der Waals surface area contributed by atoms with Gasteiger partial charge < -0.3 is 12.4 Å². The van der Waals surface area contributed by atoms with Gasteiger partial charge in [0.1, 0.15) is 13.3 Å². The van der Waals surface area contributed by atoms with E-state index in [0.29, 0.717) is 0 Å². The summed E-state index contributed by atoms with van der Waals surface area (Å²) in [4.78, 5) is 0. The molecule has 0 atom stereocenters. The number of hydrogen-bond acceptors (Lipinski definition) is 2. The number of nitrogens with one attached hydrogen (secondary N) is 1. The SMILES string of the molecule is C[n+]1ccccc1/C=N/Nc1ccccc1.[Cl-]. The van der Waals surface area contributed by atoms with Gasteiger partial charge in [0.2, 0.25) is 5.69 Å². The van der Waals surface area contributed by atoms with E-state index in [9.17, 15) is 0 Å². The minimum absolute atomic E-state index is 0. The Labute approximate surface area is 107 Å². The van der Waals surface area contributed by atoms with Gasteiger partial charge in [-0.3, -0.25) is 5.43 Å². The van der Waals surface area contributed by atoms with Crippen molar-refractivity contribution < 1.29 is 17.0 Å². The number of aryl methyl sites for hydroxylation is 1. The lowest BCUT2D eigenvalue weighted by Crippen LogP contribution is -3.00. The van der Waals surface area contributed by atoms with Crippen LogP contribution in [-0.4, -0.2) is 6.21 Å². The predicted molar refractivity (Wildman–Crippen MR) is 65.3 cm³/mol. The van der Waals surface area contributed by atoms with Crippen molar-refractivity contribution in [2.24, 2.45) is 12.1 Å². The van der Waals surface area contributed by atoms with Crippen LogP contribution in [0.25, 0.3) is 0 Å². The molecule has 17 heavy (non-hydrogen) atoms. The zero-order valence-corrected chi connectivity index (χ0v) is 10.3. The van der Waals surface area contributed by atoms with Gasteiger partial charge in [-0.05, 0) is 18.2 Å². The van der Waals surface area contributed by atoms with E-state index >= 15 is 0 Å².